The Kier molecular flexibility index (Phi) is 8.22. The maximum absolute atomic E-state index is 13.3. The van der Waals surface area contributed by atoms with E-state index in [4.69, 9.17) is 9.47 Å². The zero-order valence-electron chi connectivity index (χ0n) is 18.6. The minimum atomic E-state index is -0.535. The van der Waals surface area contributed by atoms with E-state index in [2.05, 4.69) is 10.6 Å². The molecule has 0 bridgehead atoms. The normalized spacial score (nSPS) is 12.6. The van der Waals surface area contributed by atoms with Crippen molar-refractivity contribution in [1.82, 2.24) is 10.6 Å². The summed E-state index contributed by atoms with van der Waals surface area (Å²) in [5.41, 5.74) is 2.86. The molecule has 5 nitrogen and oxygen atoms in total. The van der Waals surface area contributed by atoms with Gasteiger partial charge in [0.15, 0.2) is 11.5 Å². The lowest BCUT2D eigenvalue weighted by Gasteiger charge is -2.26. The van der Waals surface area contributed by atoms with Crippen molar-refractivity contribution < 1.29 is 18.7 Å². The smallest absolute Gasteiger partial charge is 0.241 e. The molecule has 1 unspecified atom stereocenters. The summed E-state index contributed by atoms with van der Waals surface area (Å²) in [4.78, 5) is 12.8. The maximum atomic E-state index is 13.3. The molecule has 0 spiro atoms. The Morgan fingerprint density at radius 3 is 2.22 bits per heavy atom. The molecule has 0 aliphatic rings. The summed E-state index contributed by atoms with van der Waals surface area (Å²) in [6.45, 7) is 0. The monoisotopic (exact) mass is 436 g/mol. The molecule has 2 atom stereocenters. The van der Waals surface area contributed by atoms with E-state index in [0.717, 1.165) is 16.7 Å². The van der Waals surface area contributed by atoms with Gasteiger partial charge < -0.3 is 14.8 Å². The van der Waals surface area contributed by atoms with Crippen LogP contribution in [0.15, 0.2) is 72.8 Å². The summed E-state index contributed by atoms with van der Waals surface area (Å²) in [7, 11) is 4.82. The molecule has 0 saturated carbocycles. The molecule has 3 rings (SSSR count). The van der Waals surface area contributed by atoms with Crippen molar-refractivity contribution in [1.29, 1.82) is 0 Å². The van der Waals surface area contributed by atoms with Crippen molar-refractivity contribution in [3.05, 3.63) is 95.3 Å². The molecule has 0 heterocycles. The first-order chi connectivity index (χ1) is 15.5. The van der Waals surface area contributed by atoms with E-state index in [1.54, 1.807) is 33.4 Å². The first kappa shape index (κ1) is 23.3. The van der Waals surface area contributed by atoms with Gasteiger partial charge in [-0.05, 0) is 53.8 Å². The van der Waals surface area contributed by atoms with Crippen LogP contribution >= 0.6 is 0 Å². The van der Waals surface area contributed by atoms with Gasteiger partial charge in [0, 0.05) is 13.1 Å². The molecule has 0 saturated heterocycles. The first-order valence-corrected chi connectivity index (χ1v) is 10.5. The van der Waals surface area contributed by atoms with Gasteiger partial charge in [-0.25, -0.2) is 4.39 Å². The van der Waals surface area contributed by atoms with E-state index in [0.29, 0.717) is 24.3 Å². The molecular formula is C26H29FN2O3. The molecule has 32 heavy (non-hydrogen) atoms. The number of nitrogens with one attached hydrogen (secondary N) is 2. The largest absolute Gasteiger partial charge is 0.493 e. The van der Waals surface area contributed by atoms with E-state index in [1.807, 2.05) is 48.5 Å². The lowest BCUT2D eigenvalue weighted by atomic mass is 9.96. The van der Waals surface area contributed by atoms with Crippen molar-refractivity contribution in [2.24, 2.45) is 0 Å². The van der Waals surface area contributed by atoms with Gasteiger partial charge in [0.05, 0.1) is 14.2 Å². The molecule has 0 aromatic heterocycles. The Balaban J connectivity index is 1.93. The van der Waals surface area contributed by atoms with Crippen molar-refractivity contribution >= 4 is 5.91 Å². The van der Waals surface area contributed by atoms with Gasteiger partial charge in [-0.2, -0.15) is 0 Å². The second kappa shape index (κ2) is 11.3. The fourth-order valence-electron chi connectivity index (χ4n) is 3.69. The number of rotatable bonds is 10. The van der Waals surface area contributed by atoms with Crippen molar-refractivity contribution in [2.75, 3.05) is 21.3 Å². The van der Waals surface area contributed by atoms with E-state index in [1.165, 1.54) is 12.1 Å². The standard InChI is InChI=1S/C26H29FN2O3/c1-28-26(30)25(19-7-5-4-6-8-19)29-22(15-11-18-9-13-21(27)14-10-18)20-12-16-23(31-2)24(17-20)32-3/h4-10,12-14,16-17,22,25,29H,11,15H2,1-3H3,(H,28,30)/t22-,25?/m1/s1. The number of halogens is 1. The van der Waals surface area contributed by atoms with Crippen molar-refractivity contribution in [2.45, 2.75) is 24.9 Å². The fraction of sp³-hybridized carbons (Fsp3) is 0.269. The molecule has 3 aromatic carbocycles. The van der Waals surface area contributed by atoms with Crippen LogP contribution in [0.25, 0.3) is 0 Å². The Morgan fingerprint density at radius 2 is 1.59 bits per heavy atom. The first-order valence-electron chi connectivity index (χ1n) is 10.5. The second-order valence-corrected chi connectivity index (χ2v) is 7.46. The number of likely N-dealkylation sites (N-methyl/N-ethyl adjacent to an activating group) is 1. The lowest BCUT2D eigenvalue weighted by molar-refractivity contribution is -0.123. The summed E-state index contributed by atoms with van der Waals surface area (Å²) in [6, 6.07) is 21.2. The van der Waals surface area contributed by atoms with E-state index in [9.17, 15) is 9.18 Å². The Morgan fingerprint density at radius 1 is 0.906 bits per heavy atom. The molecule has 2 N–H and O–H groups in total. The molecular weight excluding hydrogens is 407 g/mol. The second-order valence-electron chi connectivity index (χ2n) is 7.46. The zero-order chi connectivity index (χ0) is 22.9. The highest BCUT2D eigenvalue weighted by atomic mass is 19.1. The van der Waals surface area contributed by atoms with Crippen molar-refractivity contribution in [3.63, 3.8) is 0 Å². The van der Waals surface area contributed by atoms with Gasteiger partial charge in [-0.15, -0.1) is 0 Å². The third-order valence-electron chi connectivity index (χ3n) is 5.45. The number of hydrogen-bond donors (Lipinski definition) is 2. The number of carbonyl (C=O) groups is 1. The summed E-state index contributed by atoms with van der Waals surface area (Å²) in [5, 5.41) is 6.28. The van der Waals surface area contributed by atoms with Crippen LogP contribution in [-0.4, -0.2) is 27.2 Å². The minimum Gasteiger partial charge on any atom is -0.493 e. The molecule has 168 valence electrons. The van der Waals surface area contributed by atoms with Gasteiger partial charge in [0.1, 0.15) is 11.9 Å². The molecule has 3 aromatic rings. The Labute approximate surface area is 188 Å². The molecule has 0 radical (unpaired) electrons. The third-order valence-corrected chi connectivity index (χ3v) is 5.45. The van der Waals surface area contributed by atoms with E-state index >= 15 is 0 Å². The number of methoxy groups -OCH3 is 2. The number of ether oxygens (including phenoxy) is 2. The predicted molar refractivity (Wildman–Crippen MR) is 123 cm³/mol. The van der Waals surface area contributed by atoms with Gasteiger partial charge >= 0.3 is 0 Å². The number of hydrogen-bond acceptors (Lipinski definition) is 4. The van der Waals surface area contributed by atoms with Gasteiger partial charge in [-0.3, -0.25) is 10.1 Å². The summed E-state index contributed by atoms with van der Waals surface area (Å²) in [6.07, 6.45) is 1.41. The molecule has 0 fully saturated rings. The van der Waals surface area contributed by atoms with Crippen LogP contribution in [0, 0.1) is 5.82 Å². The fourth-order valence-corrected chi connectivity index (χ4v) is 3.69. The average molecular weight is 437 g/mol. The molecule has 0 aliphatic heterocycles. The van der Waals surface area contributed by atoms with Crippen LogP contribution in [0.1, 0.15) is 35.2 Å². The van der Waals surface area contributed by atoms with Gasteiger partial charge in [0.2, 0.25) is 5.91 Å². The summed E-state index contributed by atoms with van der Waals surface area (Å²) in [5.74, 6) is 0.879. The summed E-state index contributed by atoms with van der Waals surface area (Å²) < 4.78 is 24.2. The molecule has 6 heteroatoms. The van der Waals surface area contributed by atoms with Crippen molar-refractivity contribution in [3.8, 4) is 11.5 Å². The highest BCUT2D eigenvalue weighted by molar-refractivity contribution is 5.83. The van der Waals surface area contributed by atoms with Crippen LogP contribution in [0.2, 0.25) is 0 Å². The topological polar surface area (TPSA) is 59.6 Å². The van der Waals surface area contributed by atoms with Crippen LogP contribution in [-0.2, 0) is 11.2 Å². The lowest BCUT2D eigenvalue weighted by Crippen LogP contribution is -2.38. The third kappa shape index (κ3) is 5.86. The quantitative estimate of drug-likeness (QED) is 0.488. The molecule has 0 aliphatic carbocycles. The number of aryl methyl sites for hydroxylation is 1. The number of amides is 1. The average Bonchev–Trinajstić information content (AvgIpc) is 2.85. The molecule has 1 amide bonds. The maximum Gasteiger partial charge on any atom is 0.241 e. The highest BCUT2D eigenvalue weighted by Gasteiger charge is 2.24. The Hall–Kier alpha value is -3.38. The van der Waals surface area contributed by atoms with Crippen LogP contribution in [0.5, 0.6) is 11.5 Å². The van der Waals surface area contributed by atoms with Crippen LogP contribution in [0.4, 0.5) is 4.39 Å². The zero-order valence-corrected chi connectivity index (χ0v) is 18.6. The summed E-state index contributed by atoms with van der Waals surface area (Å²) >= 11 is 0. The van der Waals surface area contributed by atoms with E-state index < -0.39 is 6.04 Å². The van der Waals surface area contributed by atoms with Gasteiger partial charge in [0.25, 0.3) is 0 Å². The number of carbonyl (C=O) groups excluding carboxylic acids is 1. The minimum absolute atomic E-state index is 0.122. The van der Waals surface area contributed by atoms with Crippen LogP contribution in [0.3, 0.4) is 0 Å². The Bertz CT molecular complexity index is 1010. The highest BCUT2D eigenvalue weighted by Crippen LogP contribution is 2.32. The van der Waals surface area contributed by atoms with Gasteiger partial charge in [-0.1, -0.05) is 48.5 Å². The van der Waals surface area contributed by atoms with Crippen LogP contribution < -0.4 is 20.1 Å². The van der Waals surface area contributed by atoms with E-state index in [-0.39, 0.29) is 17.8 Å². The number of benzene rings is 3. The predicted octanol–water partition coefficient (Wildman–Crippen LogP) is 4.59. The SMILES string of the molecule is CNC(=O)C(N[C@H](CCc1ccc(F)cc1)c1ccc(OC)c(OC)c1)c1ccccc1.